The number of hydrogen-bond donors (Lipinski definition) is 1. The monoisotopic (exact) mass is 372 g/mol. The maximum Gasteiger partial charge on any atom is 1.00 e. The molecule has 0 spiro atoms. The largest absolute Gasteiger partial charge is 1.00 e. The van der Waals surface area contributed by atoms with Crippen molar-refractivity contribution < 1.29 is 52.4 Å². The summed E-state index contributed by atoms with van der Waals surface area (Å²) in [5.74, 6) is 0.748. The Balaban J connectivity index is 0.00000312. The van der Waals surface area contributed by atoms with Gasteiger partial charge in [-0.1, -0.05) is 38.3 Å². The van der Waals surface area contributed by atoms with Gasteiger partial charge in [0.2, 0.25) is 0 Å². The van der Waals surface area contributed by atoms with Crippen LogP contribution in [0.5, 0.6) is 17.2 Å². The summed E-state index contributed by atoms with van der Waals surface area (Å²) in [7, 11) is -4.23. The van der Waals surface area contributed by atoms with Gasteiger partial charge in [-0.15, -0.1) is 5.75 Å². The molecule has 0 radical (unpaired) electrons. The first kappa shape index (κ1) is 22.0. The van der Waals surface area contributed by atoms with Crippen LogP contribution in [0.4, 0.5) is 0 Å². The third-order valence-corrected chi connectivity index (χ3v) is 4.56. The van der Waals surface area contributed by atoms with Crippen LogP contribution in [0.15, 0.2) is 47.4 Å². The second-order valence-corrected chi connectivity index (χ2v) is 7.05. The molecule has 0 amide bonds. The van der Waals surface area contributed by atoms with Crippen molar-refractivity contribution in [2.45, 2.75) is 43.9 Å². The molecule has 2 rings (SSSR count). The summed E-state index contributed by atoms with van der Waals surface area (Å²) >= 11 is 0. The van der Waals surface area contributed by atoms with E-state index >= 15 is 0 Å². The van der Waals surface area contributed by atoms with Gasteiger partial charge >= 0.3 is 29.6 Å². The predicted octanol–water partition coefficient (Wildman–Crippen LogP) is 0.926. The molecule has 2 aromatic rings. The molecule has 0 aliphatic carbocycles. The van der Waals surface area contributed by atoms with E-state index in [0.717, 1.165) is 31.2 Å². The molecule has 0 bridgehead atoms. The molecule has 0 saturated carbocycles. The van der Waals surface area contributed by atoms with Crippen molar-refractivity contribution in [2.24, 2.45) is 0 Å². The van der Waals surface area contributed by atoms with Gasteiger partial charge in [0.25, 0.3) is 10.1 Å². The third kappa shape index (κ3) is 6.99. The topological polar surface area (TPSA) is 86.7 Å². The number of rotatable bonds is 8. The predicted molar refractivity (Wildman–Crippen MR) is 90.1 cm³/mol. The normalized spacial score (nSPS) is 11.0. The Morgan fingerprint density at radius 3 is 2.32 bits per heavy atom. The summed E-state index contributed by atoms with van der Waals surface area (Å²) in [5, 5.41) is 11.6. The van der Waals surface area contributed by atoms with Crippen molar-refractivity contribution in [2.75, 3.05) is 0 Å². The molecule has 0 aromatic heterocycles. The zero-order valence-electron chi connectivity index (χ0n) is 14.6. The van der Waals surface area contributed by atoms with Gasteiger partial charge in [-0.3, -0.25) is 4.55 Å². The van der Waals surface area contributed by atoms with Gasteiger partial charge in [-0.05, 0) is 48.7 Å². The zero-order valence-corrected chi connectivity index (χ0v) is 17.4. The number of unbranched alkanes of at least 4 members (excludes halogenated alkanes) is 3. The van der Waals surface area contributed by atoms with E-state index in [1.807, 2.05) is 0 Å². The molecule has 0 heterocycles. The standard InChI is InChI=1S/C18H22O5S.Na/c1-2-3-4-5-6-14-7-8-15(19)13-18(14)23-16-9-11-17(12-10-16)24(20,21)22;/h7-13,19H,2-6H2,1H3,(H,20,21,22);/q;+1/p-1. The van der Waals surface area contributed by atoms with Crippen LogP contribution in [0.25, 0.3) is 0 Å². The van der Waals surface area contributed by atoms with Gasteiger partial charge in [0.05, 0.1) is 4.90 Å². The van der Waals surface area contributed by atoms with Crippen molar-refractivity contribution >= 4 is 10.1 Å². The quantitative estimate of drug-likeness (QED) is 0.423. The molecule has 0 unspecified atom stereocenters. The van der Waals surface area contributed by atoms with E-state index < -0.39 is 10.1 Å². The molecule has 0 aliphatic rings. The van der Waals surface area contributed by atoms with E-state index in [1.54, 1.807) is 6.07 Å². The number of hydrogen-bond acceptors (Lipinski definition) is 4. The average molecular weight is 372 g/mol. The molecule has 25 heavy (non-hydrogen) atoms. The maximum atomic E-state index is 11.6. The van der Waals surface area contributed by atoms with Crippen LogP contribution in [0.3, 0.4) is 0 Å². The van der Waals surface area contributed by atoms with Crippen molar-refractivity contribution in [1.82, 2.24) is 0 Å². The van der Waals surface area contributed by atoms with Crippen molar-refractivity contribution in [3.05, 3.63) is 48.0 Å². The molecule has 130 valence electrons. The third-order valence-electron chi connectivity index (χ3n) is 3.69. The molecule has 0 fully saturated rings. The minimum atomic E-state index is -4.23. The average Bonchev–Trinajstić information content (AvgIpc) is 2.53. The Hall–Kier alpha value is -1.05. The maximum absolute atomic E-state index is 11.6. The summed E-state index contributed by atoms with van der Waals surface area (Å²) in [5.41, 5.74) is 0.949. The summed E-state index contributed by atoms with van der Waals surface area (Å²) in [6.07, 6.45) is 5.29. The number of aryl methyl sites for hydroxylation is 1. The van der Waals surface area contributed by atoms with E-state index in [0.29, 0.717) is 11.5 Å². The van der Waals surface area contributed by atoms with Crippen LogP contribution >= 0.6 is 0 Å². The van der Waals surface area contributed by atoms with Gasteiger partial charge in [0.15, 0.2) is 0 Å². The molecule has 1 N–H and O–H groups in total. The Kier molecular flexibility index (Phi) is 8.96. The molecule has 0 saturated heterocycles. The Labute approximate surface area is 171 Å². The fourth-order valence-corrected chi connectivity index (χ4v) is 2.87. The van der Waals surface area contributed by atoms with Crippen LogP contribution in [-0.4, -0.2) is 13.0 Å². The first-order chi connectivity index (χ1) is 11.4. The Morgan fingerprint density at radius 1 is 1.04 bits per heavy atom. The fraction of sp³-hybridized carbons (Fsp3) is 0.333. The molecular weight excluding hydrogens is 351 g/mol. The van der Waals surface area contributed by atoms with E-state index in [4.69, 9.17) is 9.29 Å². The second-order valence-electron chi connectivity index (χ2n) is 5.63. The zero-order chi connectivity index (χ0) is 17.6. The number of benzene rings is 2. The van der Waals surface area contributed by atoms with Crippen LogP contribution in [0.1, 0.15) is 38.2 Å². The smallest absolute Gasteiger partial charge is 0.872 e. The van der Waals surface area contributed by atoms with Gasteiger partial charge in [0, 0.05) is 0 Å². The minimum absolute atomic E-state index is 0. The van der Waals surface area contributed by atoms with Crippen molar-refractivity contribution in [1.29, 1.82) is 0 Å². The van der Waals surface area contributed by atoms with Crippen molar-refractivity contribution in [3.63, 3.8) is 0 Å². The first-order valence-corrected chi connectivity index (χ1v) is 9.39. The van der Waals surface area contributed by atoms with Gasteiger partial charge < -0.3 is 9.84 Å². The second kappa shape index (κ2) is 10.2. The van der Waals surface area contributed by atoms with Crippen LogP contribution in [0.2, 0.25) is 0 Å². The molecule has 0 aliphatic heterocycles. The summed E-state index contributed by atoms with van der Waals surface area (Å²) in [6, 6.07) is 10.1. The van der Waals surface area contributed by atoms with Gasteiger partial charge in [-0.2, -0.15) is 8.42 Å². The van der Waals surface area contributed by atoms with Crippen LogP contribution in [0, 0.1) is 0 Å². The van der Waals surface area contributed by atoms with Gasteiger partial charge in [-0.25, -0.2) is 0 Å². The molecule has 5 nitrogen and oxygen atoms in total. The van der Waals surface area contributed by atoms with E-state index in [-0.39, 0.29) is 40.2 Å². The minimum Gasteiger partial charge on any atom is -0.872 e. The fourth-order valence-electron chi connectivity index (χ4n) is 2.39. The van der Waals surface area contributed by atoms with E-state index in [1.165, 1.54) is 42.8 Å². The summed E-state index contributed by atoms with van der Waals surface area (Å²) in [4.78, 5) is -0.202. The van der Waals surface area contributed by atoms with E-state index in [2.05, 4.69) is 6.92 Å². The SMILES string of the molecule is CCCCCCc1ccc([O-])cc1Oc1ccc(S(=O)(=O)O)cc1.[Na+]. The molecular formula is C18H21NaO5S. The molecule has 2 aromatic carbocycles. The Morgan fingerprint density at radius 2 is 1.72 bits per heavy atom. The van der Waals surface area contributed by atoms with Crippen LogP contribution < -0.4 is 39.4 Å². The summed E-state index contributed by atoms with van der Waals surface area (Å²) < 4.78 is 36.8. The Bertz CT molecular complexity index is 773. The van der Waals surface area contributed by atoms with Crippen molar-refractivity contribution in [3.8, 4) is 17.2 Å². The van der Waals surface area contributed by atoms with Crippen LogP contribution in [-0.2, 0) is 16.5 Å². The first-order valence-electron chi connectivity index (χ1n) is 7.95. The van der Waals surface area contributed by atoms with E-state index in [9.17, 15) is 13.5 Å². The van der Waals surface area contributed by atoms with Gasteiger partial charge in [0.1, 0.15) is 11.5 Å². The number of ether oxygens (including phenoxy) is 1. The summed E-state index contributed by atoms with van der Waals surface area (Å²) in [6.45, 7) is 2.15. The molecule has 0 atom stereocenters. The molecule has 7 heteroatoms.